The zero-order valence-electron chi connectivity index (χ0n) is 10.2. The number of hydrogen-bond acceptors (Lipinski definition) is 2. The first-order chi connectivity index (χ1) is 7.48. The Morgan fingerprint density at radius 1 is 1.19 bits per heavy atom. The van der Waals surface area contributed by atoms with E-state index in [1.54, 1.807) is 6.20 Å². The third-order valence-electron chi connectivity index (χ3n) is 2.75. The van der Waals surface area contributed by atoms with Crippen LogP contribution in [0.4, 0.5) is 0 Å². The van der Waals surface area contributed by atoms with E-state index in [2.05, 4.69) is 50.9 Å². The van der Waals surface area contributed by atoms with Crippen molar-refractivity contribution in [2.24, 2.45) is 0 Å². The molecule has 0 aliphatic heterocycles. The minimum atomic E-state index is 0.185. The van der Waals surface area contributed by atoms with Crippen LogP contribution in [-0.2, 0) is 5.41 Å². The maximum atomic E-state index is 5.29. The predicted molar refractivity (Wildman–Crippen MR) is 65.4 cm³/mol. The first kappa shape index (κ1) is 10.9. The molecule has 2 rings (SSSR count). The lowest BCUT2D eigenvalue weighted by atomic mass is 9.83. The van der Waals surface area contributed by atoms with Crippen molar-refractivity contribution in [1.82, 2.24) is 4.98 Å². The van der Waals surface area contributed by atoms with Crippen LogP contribution in [-0.4, -0.2) is 4.98 Å². The molecule has 0 amide bonds. The highest BCUT2D eigenvalue weighted by Gasteiger charge is 2.16. The topological polar surface area (TPSA) is 26.0 Å². The first-order valence-corrected chi connectivity index (χ1v) is 5.48. The van der Waals surface area contributed by atoms with E-state index in [4.69, 9.17) is 4.42 Å². The van der Waals surface area contributed by atoms with Gasteiger partial charge in [0.15, 0.2) is 12.2 Å². The number of hydrogen-bond donors (Lipinski definition) is 0. The number of aryl methyl sites for hydroxylation is 1. The molecule has 1 aromatic heterocycles. The summed E-state index contributed by atoms with van der Waals surface area (Å²) in [4.78, 5) is 3.93. The second-order valence-electron chi connectivity index (χ2n) is 5.15. The Hall–Kier alpha value is -1.57. The Morgan fingerprint density at radius 2 is 1.94 bits per heavy atom. The van der Waals surface area contributed by atoms with Gasteiger partial charge in [-0.15, -0.1) is 0 Å². The average Bonchev–Trinajstić information content (AvgIpc) is 2.68. The second kappa shape index (κ2) is 3.78. The summed E-state index contributed by atoms with van der Waals surface area (Å²) in [5.74, 6) is 0.823. The van der Waals surface area contributed by atoms with Crippen LogP contribution in [0.3, 0.4) is 0 Å². The molecule has 2 heteroatoms. The highest BCUT2D eigenvalue weighted by Crippen LogP contribution is 2.29. The molecule has 2 nitrogen and oxygen atoms in total. The Kier molecular flexibility index (Phi) is 2.58. The molecule has 0 unspecified atom stereocenters. The van der Waals surface area contributed by atoms with Gasteiger partial charge in [-0.2, -0.15) is 0 Å². The fourth-order valence-electron chi connectivity index (χ4n) is 2.02. The Labute approximate surface area is 96.3 Å². The predicted octanol–water partition coefficient (Wildman–Crippen LogP) is 3.95. The molecule has 0 N–H and O–H groups in total. The van der Waals surface area contributed by atoms with E-state index >= 15 is 0 Å². The van der Waals surface area contributed by atoms with E-state index in [0.717, 1.165) is 11.3 Å². The zero-order valence-corrected chi connectivity index (χ0v) is 10.2. The van der Waals surface area contributed by atoms with Gasteiger partial charge in [0, 0.05) is 5.56 Å². The molecule has 1 aromatic carbocycles. The van der Waals surface area contributed by atoms with E-state index in [-0.39, 0.29) is 5.41 Å². The van der Waals surface area contributed by atoms with Crippen LogP contribution in [0.15, 0.2) is 35.2 Å². The molecule has 0 atom stereocenters. The van der Waals surface area contributed by atoms with Crippen molar-refractivity contribution in [2.45, 2.75) is 33.1 Å². The fraction of sp³-hybridized carbons (Fsp3) is 0.357. The van der Waals surface area contributed by atoms with E-state index in [9.17, 15) is 0 Å². The van der Waals surface area contributed by atoms with Crippen LogP contribution < -0.4 is 0 Å². The van der Waals surface area contributed by atoms with Crippen molar-refractivity contribution in [2.75, 3.05) is 0 Å². The Bertz CT molecular complexity index is 478. The van der Waals surface area contributed by atoms with Gasteiger partial charge < -0.3 is 4.42 Å². The molecule has 0 bridgehead atoms. The molecule has 84 valence electrons. The van der Waals surface area contributed by atoms with Gasteiger partial charge in [-0.25, -0.2) is 4.98 Å². The monoisotopic (exact) mass is 215 g/mol. The van der Waals surface area contributed by atoms with Crippen LogP contribution in [0.1, 0.15) is 31.9 Å². The van der Waals surface area contributed by atoms with E-state index in [1.807, 2.05) is 0 Å². The Balaban J connectivity index is 2.45. The molecule has 0 aliphatic carbocycles. The highest BCUT2D eigenvalue weighted by molar-refractivity contribution is 5.58. The van der Waals surface area contributed by atoms with Crippen molar-refractivity contribution in [1.29, 1.82) is 0 Å². The molecular weight excluding hydrogens is 198 g/mol. The standard InChI is InChI=1S/C14H17NO/c1-10-7-11(13-8-15-9-16-13)5-6-12(10)14(2,3)4/h5-9H,1-4H3. The number of aromatic nitrogens is 1. The summed E-state index contributed by atoms with van der Waals surface area (Å²) in [7, 11) is 0. The van der Waals surface area contributed by atoms with Gasteiger partial charge in [-0.3, -0.25) is 0 Å². The molecule has 2 aromatic rings. The van der Waals surface area contributed by atoms with Gasteiger partial charge in [0.2, 0.25) is 0 Å². The third-order valence-corrected chi connectivity index (χ3v) is 2.75. The van der Waals surface area contributed by atoms with Crippen LogP contribution in [0.5, 0.6) is 0 Å². The van der Waals surface area contributed by atoms with Crippen molar-refractivity contribution >= 4 is 0 Å². The maximum Gasteiger partial charge on any atom is 0.181 e. The van der Waals surface area contributed by atoms with Crippen LogP contribution in [0, 0.1) is 6.92 Å². The average molecular weight is 215 g/mol. The molecule has 0 fully saturated rings. The summed E-state index contributed by atoms with van der Waals surface area (Å²) < 4.78 is 5.29. The lowest BCUT2D eigenvalue weighted by molar-refractivity contribution is 0.570. The van der Waals surface area contributed by atoms with Crippen molar-refractivity contribution < 1.29 is 4.42 Å². The number of benzene rings is 1. The first-order valence-electron chi connectivity index (χ1n) is 5.48. The molecule has 0 saturated carbocycles. The summed E-state index contributed by atoms with van der Waals surface area (Å²) in [6.45, 7) is 8.82. The summed E-state index contributed by atoms with van der Waals surface area (Å²) in [6.07, 6.45) is 3.20. The number of rotatable bonds is 1. The van der Waals surface area contributed by atoms with Gasteiger partial charge >= 0.3 is 0 Å². The van der Waals surface area contributed by atoms with Gasteiger partial charge in [-0.1, -0.05) is 32.9 Å². The highest BCUT2D eigenvalue weighted by atomic mass is 16.3. The molecule has 0 spiro atoms. The lowest BCUT2D eigenvalue weighted by Crippen LogP contribution is -2.12. The van der Waals surface area contributed by atoms with Crippen LogP contribution in [0.2, 0.25) is 0 Å². The van der Waals surface area contributed by atoms with Gasteiger partial charge in [0.25, 0.3) is 0 Å². The largest absolute Gasteiger partial charge is 0.444 e. The summed E-state index contributed by atoms with van der Waals surface area (Å²) in [5, 5.41) is 0. The molecule has 0 radical (unpaired) electrons. The minimum absolute atomic E-state index is 0.185. The van der Waals surface area contributed by atoms with Crippen molar-refractivity contribution in [3.8, 4) is 11.3 Å². The van der Waals surface area contributed by atoms with Crippen molar-refractivity contribution in [3.05, 3.63) is 41.9 Å². The number of oxazole rings is 1. The van der Waals surface area contributed by atoms with E-state index < -0.39 is 0 Å². The fourth-order valence-corrected chi connectivity index (χ4v) is 2.02. The molecule has 1 heterocycles. The molecular formula is C14H17NO. The summed E-state index contributed by atoms with van der Waals surface area (Å²) in [6, 6.07) is 6.42. The minimum Gasteiger partial charge on any atom is -0.444 e. The second-order valence-corrected chi connectivity index (χ2v) is 5.15. The maximum absolute atomic E-state index is 5.29. The van der Waals surface area contributed by atoms with E-state index in [1.165, 1.54) is 17.5 Å². The molecule has 0 saturated heterocycles. The lowest BCUT2D eigenvalue weighted by Gasteiger charge is -2.21. The Morgan fingerprint density at radius 3 is 2.44 bits per heavy atom. The van der Waals surface area contributed by atoms with Gasteiger partial charge in [0.05, 0.1) is 6.20 Å². The van der Waals surface area contributed by atoms with Crippen molar-refractivity contribution in [3.63, 3.8) is 0 Å². The van der Waals surface area contributed by atoms with Gasteiger partial charge in [-0.05, 0) is 29.5 Å². The summed E-state index contributed by atoms with van der Waals surface area (Å²) in [5.41, 5.74) is 3.93. The van der Waals surface area contributed by atoms with E-state index in [0.29, 0.717) is 0 Å². The smallest absolute Gasteiger partial charge is 0.181 e. The SMILES string of the molecule is Cc1cc(-c2cnco2)ccc1C(C)(C)C. The zero-order chi connectivity index (χ0) is 11.8. The normalized spacial score (nSPS) is 11.8. The summed E-state index contributed by atoms with van der Waals surface area (Å²) >= 11 is 0. The van der Waals surface area contributed by atoms with Gasteiger partial charge in [0.1, 0.15) is 0 Å². The van der Waals surface area contributed by atoms with Crippen LogP contribution in [0.25, 0.3) is 11.3 Å². The number of nitrogens with zero attached hydrogens (tertiary/aromatic N) is 1. The quantitative estimate of drug-likeness (QED) is 0.720. The molecule has 16 heavy (non-hydrogen) atoms. The molecule has 0 aliphatic rings. The van der Waals surface area contributed by atoms with Crippen LogP contribution >= 0.6 is 0 Å². The third kappa shape index (κ3) is 2.01.